The summed E-state index contributed by atoms with van der Waals surface area (Å²) in [6, 6.07) is 7.98. The lowest BCUT2D eigenvalue weighted by Gasteiger charge is -2.09. The van der Waals surface area contributed by atoms with E-state index in [-0.39, 0.29) is 22.1 Å². The Morgan fingerprint density at radius 3 is 2.55 bits per heavy atom. The quantitative estimate of drug-likeness (QED) is 0.770. The maximum atomic E-state index is 12.4. The molecule has 0 bridgehead atoms. The number of hydrogen-bond acceptors (Lipinski definition) is 5. The van der Waals surface area contributed by atoms with E-state index >= 15 is 0 Å². The van der Waals surface area contributed by atoms with E-state index in [0.29, 0.717) is 9.35 Å². The van der Waals surface area contributed by atoms with E-state index in [1.165, 1.54) is 12.1 Å². The lowest BCUT2D eigenvalue weighted by atomic mass is 10.2. The molecule has 0 amide bonds. The van der Waals surface area contributed by atoms with Crippen LogP contribution in [0.25, 0.3) is 0 Å². The fourth-order valence-corrected chi connectivity index (χ4v) is 4.72. The van der Waals surface area contributed by atoms with Gasteiger partial charge in [-0.2, -0.15) is 0 Å². The van der Waals surface area contributed by atoms with Crippen molar-refractivity contribution in [2.75, 3.05) is 11.3 Å². The molecule has 0 fully saturated rings. The molecule has 1 heterocycles. The monoisotopic (exact) mass is 403 g/mol. The van der Waals surface area contributed by atoms with Gasteiger partial charge in [0.2, 0.25) is 0 Å². The largest absolute Gasteiger partial charge is 0.462 e. The highest BCUT2D eigenvalue weighted by molar-refractivity contribution is 9.11. The van der Waals surface area contributed by atoms with Gasteiger partial charge in [-0.3, -0.25) is 4.72 Å². The molecule has 22 heavy (non-hydrogen) atoms. The maximum Gasteiger partial charge on any atom is 0.341 e. The van der Waals surface area contributed by atoms with E-state index in [4.69, 9.17) is 4.74 Å². The van der Waals surface area contributed by atoms with Crippen LogP contribution >= 0.6 is 27.3 Å². The van der Waals surface area contributed by atoms with Gasteiger partial charge in [0.15, 0.2) is 0 Å². The van der Waals surface area contributed by atoms with Crippen molar-refractivity contribution in [3.05, 3.63) is 45.2 Å². The average molecular weight is 404 g/mol. The Balaban J connectivity index is 2.42. The van der Waals surface area contributed by atoms with E-state index < -0.39 is 16.0 Å². The lowest BCUT2D eigenvalue weighted by Crippen LogP contribution is -2.15. The third-order valence-electron chi connectivity index (χ3n) is 2.85. The molecule has 118 valence electrons. The normalized spacial score (nSPS) is 11.2. The molecule has 0 unspecified atom stereocenters. The molecule has 0 aliphatic rings. The minimum atomic E-state index is -3.76. The minimum absolute atomic E-state index is 0.131. The Labute approximate surface area is 141 Å². The van der Waals surface area contributed by atoms with Crippen LogP contribution in [0.3, 0.4) is 0 Å². The number of hydrogen-bond donors (Lipinski definition) is 1. The molecule has 0 aliphatic carbocycles. The van der Waals surface area contributed by atoms with Crippen LogP contribution in [0, 0.1) is 6.92 Å². The molecule has 0 saturated heterocycles. The summed E-state index contributed by atoms with van der Waals surface area (Å²) in [5.74, 6) is -0.548. The van der Waals surface area contributed by atoms with E-state index in [1.807, 2.05) is 0 Å². The average Bonchev–Trinajstić information content (AvgIpc) is 2.74. The third-order valence-corrected chi connectivity index (χ3v) is 6.42. The van der Waals surface area contributed by atoms with Gasteiger partial charge in [0.1, 0.15) is 5.00 Å². The van der Waals surface area contributed by atoms with Gasteiger partial charge in [-0.05, 0) is 47.5 Å². The molecule has 1 N–H and O–H groups in total. The van der Waals surface area contributed by atoms with Gasteiger partial charge in [0.25, 0.3) is 10.0 Å². The van der Waals surface area contributed by atoms with Crippen LogP contribution in [0.5, 0.6) is 0 Å². The first-order valence-corrected chi connectivity index (χ1v) is 9.50. The van der Waals surface area contributed by atoms with Gasteiger partial charge < -0.3 is 4.74 Å². The number of ether oxygens (including phenoxy) is 1. The predicted octanol–water partition coefficient (Wildman–Crippen LogP) is 3.80. The summed E-state index contributed by atoms with van der Waals surface area (Å²) < 4.78 is 32.9. The second-order valence-electron chi connectivity index (χ2n) is 4.34. The number of nitrogens with one attached hydrogen (secondary N) is 1. The molecule has 5 nitrogen and oxygen atoms in total. The number of anilines is 1. The summed E-state index contributed by atoms with van der Waals surface area (Å²) in [5.41, 5.74) is 0.882. The molecular weight excluding hydrogens is 390 g/mol. The molecule has 1 aromatic heterocycles. The first-order valence-electron chi connectivity index (χ1n) is 6.40. The highest BCUT2D eigenvalue weighted by atomic mass is 79.9. The van der Waals surface area contributed by atoms with Crippen LogP contribution in [-0.2, 0) is 14.8 Å². The lowest BCUT2D eigenvalue weighted by molar-refractivity contribution is 0.0527. The molecule has 1 aromatic carbocycles. The van der Waals surface area contributed by atoms with Crippen molar-refractivity contribution in [3.8, 4) is 0 Å². The molecule has 2 rings (SSSR count). The van der Waals surface area contributed by atoms with Gasteiger partial charge in [-0.15, -0.1) is 11.3 Å². The zero-order chi connectivity index (χ0) is 16.3. The smallest absolute Gasteiger partial charge is 0.341 e. The first-order chi connectivity index (χ1) is 10.4. The van der Waals surface area contributed by atoms with E-state index in [0.717, 1.165) is 11.3 Å². The Hall–Kier alpha value is -1.38. The predicted molar refractivity (Wildman–Crippen MR) is 90.0 cm³/mol. The molecule has 0 radical (unpaired) electrons. The zero-order valence-electron chi connectivity index (χ0n) is 11.9. The Morgan fingerprint density at radius 2 is 1.95 bits per heavy atom. The zero-order valence-corrected chi connectivity index (χ0v) is 15.1. The number of benzene rings is 1. The highest BCUT2D eigenvalue weighted by Crippen LogP contribution is 2.38. The van der Waals surface area contributed by atoms with Gasteiger partial charge in [0, 0.05) is 0 Å². The third kappa shape index (κ3) is 3.50. The van der Waals surface area contributed by atoms with Crippen LogP contribution in [0.4, 0.5) is 5.00 Å². The number of rotatable bonds is 5. The number of esters is 1. The van der Waals surface area contributed by atoms with Gasteiger partial charge >= 0.3 is 5.97 Å². The number of sulfonamides is 1. The molecule has 8 heteroatoms. The van der Waals surface area contributed by atoms with Gasteiger partial charge in [0.05, 0.1) is 20.9 Å². The number of thiophene rings is 1. The summed E-state index contributed by atoms with van der Waals surface area (Å²) in [4.78, 5) is 12.2. The van der Waals surface area contributed by atoms with Crippen LogP contribution in [0.15, 0.2) is 39.0 Å². The van der Waals surface area contributed by atoms with Crippen molar-refractivity contribution in [3.63, 3.8) is 0 Å². The standard InChI is InChI=1S/C14H14BrNO4S2/c1-3-20-14(17)11-9(2)12(15)21-13(11)16-22(18,19)10-7-5-4-6-8-10/h4-8,16H,3H2,1-2H3. The number of carbonyl (C=O) groups excluding carboxylic acids is 1. The Bertz CT molecular complexity index is 785. The molecular formula is C14H14BrNO4S2. The van der Waals surface area contributed by atoms with Crippen LogP contribution < -0.4 is 4.72 Å². The fourth-order valence-electron chi connectivity index (χ4n) is 1.79. The van der Waals surface area contributed by atoms with E-state index in [9.17, 15) is 13.2 Å². The summed E-state index contributed by atoms with van der Waals surface area (Å²) in [7, 11) is -3.76. The van der Waals surface area contributed by atoms with Crippen molar-refractivity contribution in [1.82, 2.24) is 0 Å². The highest BCUT2D eigenvalue weighted by Gasteiger charge is 2.25. The second-order valence-corrected chi connectivity index (χ2v) is 8.36. The Kier molecular flexibility index (Phi) is 5.25. The second kappa shape index (κ2) is 6.80. The molecule has 0 atom stereocenters. The molecule has 0 spiro atoms. The maximum absolute atomic E-state index is 12.4. The van der Waals surface area contributed by atoms with Crippen molar-refractivity contribution < 1.29 is 17.9 Å². The van der Waals surface area contributed by atoms with E-state index in [1.54, 1.807) is 32.0 Å². The van der Waals surface area contributed by atoms with Crippen LogP contribution in [0.2, 0.25) is 0 Å². The van der Waals surface area contributed by atoms with E-state index in [2.05, 4.69) is 20.7 Å². The molecule has 0 saturated carbocycles. The summed E-state index contributed by atoms with van der Waals surface area (Å²) in [6.45, 7) is 3.65. The van der Waals surface area contributed by atoms with Gasteiger partial charge in [-0.1, -0.05) is 18.2 Å². The van der Waals surface area contributed by atoms with Crippen LogP contribution in [-0.4, -0.2) is 21.0 Å². The molecule has 2 aromatic rings. The molecule has 0 aliphatic heterocycles. The van der Waals surface area contributed by atoms with Crippen molar-refractivity contribution >= 4 is 48.3 Å². The summed E-state index contributed by atoms with van der Waals surface area (Å²) in [6.07, 6.45) is 0. The number of halogens is 1. The summed E-state index contributed by atoms with van der Waals surface area (Å²) in [5, 5.41) is 0.242. The van der Waals surface area contributed by atoms with Crippen molar-refractivity contribution in [2.45, 2.75) is 18.7 Å². The first kappa shape index (κ1) is 17.0. The Morgan fingerprint density at radius 1 is 1.32 bits per heavy atom. The topological polar surface area (TPSA) is 72.5 Å². The van der Waals surface area contributed by atoms with Crippen LogP contribution in [0.1, 0.15) is 22.8 Å². The van der Waals surface area contributed by atoms with Crippen molar-refractivity contribution in [1.29, 1.82) is 0 Å². The van der Waals surface area contributed by atoms with Crippen molar-refractivity contribution in [2.24, 2.45) is 0 Å². The van der Waals surface area contributed by atoms with Gasteiger partial charge in [-0.25, -0.2) is 13.2 Å². The number of carbonyl (C=O) groups is 1. The fraction of sp³-hybridized carbons (Fsp3) is 0.214. The minimum Gasteiger partial charge on any atom is -0.462 e. The summed E-state index contributed by atoms with van der Waals surface area (Å²) >= 11 is 4.47. The SMILES string of the molecule is CCOC(=O)c1c(NS(=O)(=O)c2ccccc2)sc(Br)c1C.